The lowest BCUT2D eigenvalue weighted by molar-refractivity contribution is -0.246. The summed E-state index contributed by atoms with van der Waals surface area (Å²) in [6.45, 7) is 16.4. The largest absolute Gasteiger partial charge is 0.387 e. The Kier molecular flexibility index (Phi) is 2.87. The monoisotopic (exact) mass is 255 g/mol. The molecule has 1 aliphatic carbocycles. The fraction of sp³-hybridized carbons (Fsp3) is 0.933. The molecule has 0 aromatic rings. The van der Waals surface area contributed by atoms with Gasteiger partial charge in [0, 0.05) is 12.3 Å². The topological polar surface area (TPSA) is 38.7 Å². The van der Waals surface area contributed by atoms with Gasteiger partial charge in [0.15, 0.2) is 6.29 Å². The highest BCUT2D eigenvalue weighted by Crippen LogP contribution is 2.66. The molecular weight excluding hydrogens is 228 g/mol. The molecule has 3 nitrogen and oxygen atoms in total. The van der Waals surface area contributed by atoms with Gasteiger partial charge in [0.25, 0.3) is 0 Å². The summed E-state index contributed by atoms with van der Waals surface area (Å²) in [5, 5.41) is 10.2. The molecule has 1 saturated heterocycles. The SMILES string of the molecule is [CH2+]CC12OC(OC(C)(C)C(C)(C)C)CC1C2(C)O. The van der Waals surface area contributed by atoms with Gasteiger partial charge in [-0.2, -0.15) is 0 Å². The molecular formula is C15H27O3+. The van der Waals surface area contributed by atoms with Crippen LogP contribution in [0.3, 0.4) is 0 Å². The van der Waals surface area contributed by atoms with Gasteiger partial charge in [-0.15, -0.1) is 0 Å². The van der Waals surface area contributed by atoms with Crippen molar-refractivity contribution < 1.29 is 14.6 Å². The molecule has 0 radical (unpaired) electrons. The van der Waals surface area contributed by atoms with E-state index in [1.165, 1.54) is 0 Å². The third-order valence-electron chi connectivity index (χ3n) is 5.39. The van der Waals surface area contributed by atoms with Gasteiger partial charge in [0.2, 0.25) is 0 Å². The molecule has 2 fully saturated rings. The smallest absolute Gasteiger partial charge is 0.159 e. The highest BCUT2D eigenvalue weighted by atomic mass is 16.7. The summed E-state index contributed by atoms with van der Waals surface area (Å²) < 4.78 is 12.1. The van der Waals surface area contributed by atoms with E-state index in [1.54, 1.807) is 0 Å². The summed E-state index contributed by atoms with van der Waals surface area (Å²) in [5.74, 6) is 0.170. The number of aliphatic hydroxyl groups is 1. The summed E-state index contributed by atoms with van der Waals surface area (Å²) in [7, 11) is 0. The summed E-state index contributed by atoms with van der Waals surface area (Å²) in [6.07, 6.45) is 1.15. The van der Waals surface area contributed by atoms with Crippen LogP contribution in [0.4, 0.5) is 0 Å². The summed E-state index contributed by atoms with van der Waals surface area (Å²) in [5.41, 5.74) is -1.40. The van der Waals surface area contributed by atoms with Gasteiger partial charge in [-0.1, -0.05) is 20.8 Å². The lowest BCUT2D eigenvalue weighted by atomic mass is 9.79. The quantitative estimate of drug-likeness (QED) is 0.788. The van der Waals surface area contributed by atoms with E-state index in [0.717, 1.165) is 6.42 Å². The van der Waals surface area contributed by atoms with Crippen molar-refractivity contribution in [3.8, 4) is 0 Å². The van der Waals surface area contributed by atoms with Crippen molar-refractivity contribution in [1.29, 1.82) is 0 Å². The lowest BCUT2D eigenvalue weighted by Crippen LogP contribution is -2.44. The number of ether oxygens (including phenoxy) is 2. The summed E-state index contributed by atoms with van der Waals surface area (Å²) >= 11 is 0. The van der Waals surface area contributed by atoms with Crippen molar-refractivity contribution in [2.24, 2.45) is 11.3 Å². The molecule has 2 rings (SSSR count). The maximum Gasteiger partial charge on any atom is 0.159 e. The molecule has 0 amide bonds. The van der Waals surface area contributed by atoms with Crippen LogP contribution >= 0.6 is 0 Å². The standard InChI is InChI=1S/C15H27O3/c1-8-15-10(14(15,7)16)9-11(18-15)17-13(5,6)12(2,3)4/h10-11,16H,1,8-9H2,2-7H3/q+1. The maximum absolute atomic E-state index is 10.2. The molecule has 1 aliphatic heterocycles. The van der Waals surface area contributed by atoms with Crippen LogP contribution < -0.4 is 0 Å². The van der Waals surface area contributed by atoms with Gasteiger partial charge >= 0.3 is 0 Å². The molecule has 1 heterocycles. The Balaban J connectivity index is 2.01. The van der Waals surface area contributed by atoms with E-state index in [0.29, 0.717) is 6.42 Å². The predicted octanol–water partition coefficient (Wildman–Crippen LogP) is 2.92. The third-order valence-corrected chi connectivity index (χ3v) is 5.39. The molecule has 0 aromatic carbocycles. The zero-order valence-electron chi connectivity index (χ0n) is 12.5. The normalized spacial score (nSPS) is 43.9. The van der Waals surface area contributed by atoms with E-state index in [1.807, 2.05) is 6.92 Å². The fourth-order valence-corrected chi connectivity index (χ4v) is 2.90. The molecule has 2 aliphatic rings. The maximum atomic E-state index is 10.2. The van der Waals surface area contributed by atoms with Crippen LogP contribution in [-0.2, 0) is 9.47 Å². The van der Waals surface area contributed by atoms with Crippen LogP contribution in [0.5, 0.6) is 0 Å². The fourth-order valence-electron chi connectivity index (χ4n) is 2.90. The second-order valence-electron chi connectivity index (χ2n) is 7.50. The minimum absolute atomic E-state index is 0.0449. The van der Waals surface area contributed by atoms with Crippen LogP contribution in [0.1, 0.15) is 54.4 Å². The zero-order valence-corrected chi connectivity index (χ0v) is 12.5. The van der Waals surface area contributed by atoms with Crippen LogP contribution in [0, 0.1) is 18.3 Å². The number of hydrogen-bond donors (Lipinski definition) is 1. The van der Waals surface area contributed by atoms with E-state index < -0.39 is 11.2 Å². The van der Waals surface area contributed by atoms with Gasteiger partial charge in [-0.25, -0.2) is 0 Å². The van der Waals surface area contributed by atoms with Crippen molar-refractivity contribution >= 4 is 0 Å². The lowest BCUT2D eigenvalue weighted by Gasteiger charge is -2.41. The Hall–Kier alpha value is -0.250. The van der Waals surface area contributed by atoms with Gasteiger partial charge in [-0.05, 0) is 26.2 Å². The van der Waals surface area contributed by atoms with Crippen molar-refractivity contribution in [3.63, 3.8) is 0 Å². The first kappa shape index (κ1) is 14.2. The van der Waals surface area contributed by atoms with Gasteiger partial charge < -0.3 is 14.6 Å². The molecule has 0 bridgehead atoms. The van der Waals surface area contributed by atoms with Crippen LogP contribution in [0.2, 0.25) is 0 Å². The Morgan fingerprint density at radius 1 is 1.33 bits per heavy atom. The second-order valence-corrected chi connectivity index (χ2v) is 7.50. The second kappa shape index (κ2) is 3.65. The molecule has 104 valence electrons. The Morgan fingerprint density at radius 2 is 1.89 bits per heavy atom. The zero-order chi connectivity index (χ0) is 14.0. The molecule has 1 saturated carbocycles. The molecule has 1 N–H and O–H groups in total. The van der Waals surface area contributed by atoms with Crippen LogP contribution in [0.15, 0.2) is 0 Å². The van der Waals surface area contributed by atoms with E-state index in [2.05, 4.69) is 41.5 Å². The van der Waals surface area contributed by atoms with E-state index in [9.17, 15) is 5.11 Å². The number of rotatable bonds is 3. The van der Waals surface area contributed by atoms with Gasteiger partial charge in [0.05, 0.1) is 12.5 Å². The van der Waals surface area contributed by atoms with E-state index >= 15 is 0 Å². The van der Waals surface area contributed by atoms with Crippen LogP contribution in [-0.4, -0.2) is 28.2 Å². The van der Waals surface area contributed by atoms with Crippen molar-refractivity contribution in [1.82, 2.24) is 0 Å². The first-order valence-electron chi connectivity index (χ1n) is 6.85. The molecule has 4 unspecified atom stereocenters. The minimum atomic E-state index is -0.722. The Bertz CT molecular complexity index is 340. The molecule has 4 atom stereocenters. The Morgan fingerprint density at radius 3 is 2.28 bits per heavy atom. The van der Waals surface area contributed by atoms with Crippen LogP contribution in [0.25, 0.3) is 0 Å². The Labute approximate surface area is 111 Å². The average molecular weight is 255 g/mol. The highest BCUT2D eigenvalue weighted by molar-refractivity contribution is 5.27. The number of hydrogen-bond acceptors (Lipinski definition) is 3. The summed E-state index contributed by atoms with van der Waals surface area (Å²) in [4.78, 5) is 0. The molecule has 3 heteroatoms. The van der Waals surface area contributed by atoms with E-state index in [-0.39, 0.29) is 23.2 Å². The average Bonchev–Trinajstić information content (AvgIpc) is 2.56. The van der Waals surface area contributed by atoms with Gasteiger partial charge in [0.1, 0.15) is 17.6 Å². The first-order chi connectivity index (χ1) is 7.98. The van der Waals surface area contributed by atoms with Crippen molar-refractivity contribution in [2.75, 3.05) is 0 Å². The first-order valence-corrected chi connectivity index (χ1v) is 6.85. The minimum Gasteiger partial charge on any atom is -0.387 e. The molecule has 0 aromatic heterocycles. The molecule has 18 heavy (non-hydrogen) atoms. The third kappa shape index (κ3) is 1.71. The highest BCUT2D eigenvalue weighted by Gasteiger charge is 2.80. The summed E-state index contributed by atoms with van der Waals surface area (Å²) in [6, 6.07) is 0. The predicted molar refractivity (Wildman–Crippen MR) is 70.9 cm³/mol. The molecule has 0 spiro atoms. The van der Waals surface area contributed by atoms with E-state index in [4.69, 9.17) is 9.47 Å². The number of fused-ring (bicyclic) bond motifs is 1. The van der Waals surface area contributed by atoms with Crippen molar-refractivity contribution in [2.45, 2.75) is 77.5 Å². The van der Waals surface area contributed by atoms with Gasteiger partial charge in [-0.3, -0.25) is 0 Å². The van der Waals surface area contributed by atoms with Crippen molar-refractivity contribution in [3.05, 3.63) is 6.92 Å².